The van der Waals surface area contributed by atoms with E-state index in [4.69, 9.17) is 4.74 Å². The summed E-state index contributed by atoms with van der Waals surface area (Å²) in [5.74, 6) is 0.602. The van der Waals surface area contributed by atoms with Gasteiger partial charge in [-0.25, -0.2) is 0 Å². The van der Waals surface area contributed by atoms with Crippen molar-refractivity contribution in [2.45, 2.75) is 53.1 Å². The van der Waals surface area contributed by atoms with Crippen molar-refractivity contribution < 1.29 is 14.3 Å². The Morgan fingerprint density at radius 1 is 1.06 bits per heavy atom. The quantitative estimate of drug-likeness (QED) is 0.485. The molecule has 1 atom stereocenters. The Bertz CT molecular complexity index is 855. The van der Waals surface area contributed by atoms with Crippen LogP contribution in [0.2, 0.25) is 0 Å². The van der Waals surface area contributed by atoms with Gasteiger partial charge in [0.05, 0.1) is 4.47 Å². The van der Waals surface area contributed by atoms with Crippen LogP contribution in [0.25, 0.3) is 0 Å². The van der Waals surface area contributed by atoms with Crippen molar-refractivity contribution in [3.63, 3.8) is 0 Å². The summed E-state index contributed by atoms with van der Waals surface area (Å²) in [5.41, 5.74) is 2.16. The number of nitrogens with zero attached hydrogens (tertiary/aromatic N) is 1. The minimum atomic E-state index is -0.555. The topological polar surface area (TPSA) is 58.6 Å². The molecular weight excluding hydrogens is 456 g/mol. The Morgan fingerprint density at radius 2 is 1.77 bits per heavy atom. The summed E-state index contributed by atoms with van der Waals surface area (Å²) in [4.78, 5) is 27.7. The normalized spacial score (nSPS) is 11.8. The van der Waals surface area contributed by atoms with Crippen molar-refractivity contribution in [1.29, 1.82) is 0 Å². The Hall–Kier alpha value is -2.34. The molecule has 31 heavy (non-hydrogen) atoms. The number of nitrogens with one attached hydrogen (secondary N) is 1. The summed E-state index contributed by atoms with van der Waals surface area (Å²) in [6, 6.07) is 15.0. The lowest BCUT2D eigenvalue weighted by molar-refractivity contribution is -0.143. The van der Waals surface area contributed by atoms with Crippen LogP contribution in [0.5, 0.6) is 5.75 Å². The smallest absolute Gasteiger partial charge is 0.261 e. The predicted molar refractivity (Wildman–Crippen MR) is 128 cm³/mol. The molecule has 2 amide bonds. The number of amides is 2. The van der Waals surface area contributed by atoms with Gasteiger partial charge in [-0.2, -0.15) is 0 Å². The second-order valence-electron chi connectivity index (χ2n) is 7.98. The van der Waals surface area contributed by atoms with E-state index in [-0.39, 0.29) is 18.4 Å². The minimum Gasteiger partial charge on any atom is -0.483 e. The van der Waals surface area contributed by atoms with E-state index in [1.54, 1.807) is 4.90 Å². The molecule has 0 bridgehead atoms. The maximum atomic E-state index is 13.2. The summed E-state index contributed by atoms with van der Waals surface area (Å²) in [6.45, 7) is 8.90. The van der Waals surface area contributed by atoms with Gasteiger partial charge >= 0.3 is 0 Å². The molecule has 0 saturated carbocycles. The monoisotopic (exact) mass is 488 g/mol. The number of carbonyl (C=O) groups excluding carboxylic acids is 2. The third kappa shape index (κ3) is 7.69. The van der Waals surface area contributed by atoms with Crippen molar-refractivity contribution in [3.05, 3.63) is 64.1 Å². The Morgan fingerprint density at radius 3 is 2.35 bits per heavy atom. The second-order valence-corrected chi connectivity index (χ2v) is 8.83. The van der Waals surface area contributed by atoms with Crippen LogP contribution >= 0.6 is 15.9 Å². The highest BCUT2D eigenvalue weighted by Gasteiger charge is 2.29. The van der Waals surface area contributed by atoms with E-state index in [2.05, 4.69) is 28.2 Å². The standard InChI is InChI=1S/C25H33BrN2O3/c1-5-19-12-13-23(21(26)14-19)31-17-24(29)28(16-20-10-8-7-9-11-20)22(6-2)25(30)27-15-18(3)4/h7-14,18,22H,5-6,15-17H2,1-4H3,(H,27,30)/t22-/m0/s1. The highest BCUT2D eigenvalue weighted by atomic mass is 79.9. The molecule has 0 heterocycles. The number of carbonyl (C=O) groups is 2. The Balaban J connectivity index is 2.17. The minimum absolute atomic E-state index is 0.131. The molecule has 168 valence electrons. The third-order valence-corrected chi connectivity index (χ3v) is 5.64. The summed E-state index contributed by atoms with van der Waals surface area (Å²) in [5, 5.41) is 2.97. The van der Waals surface area contributed by atoms with Gasteiger partial charge in [0.2, 0.25) is 5.91 Å². The molecular formula is C25H33BrN2O3. The molecule has 2 aromatic carbocycles. The first-order valence-electron chi connectivity index (χ1n) is 10.9. The number of halogens is 1. The third-order valence-electron chi connectivity index (χ3n) is 5.02. The molecule has 0 saturated heterocycles. The molecule has 0 aromatic heterocycles. The zero-order valence-corrected chi connectivity index (χ0v) is 20.4. The zero-order valence-electron chi connectivity index (χ0n) is 18.9. The lowest BCUT2D eigenvalue weighted by Crippen LogP contribution is -2.50. The summed E-state index contributed by atoms with van der Waals surface area (Å²) >= 11 is 3.51. The molecule has 0 spiro atoms. The van der Waals surface area contributed by atoms with Crippen molar-refractivity contribution >= 4 is 27.7 Å². The van der Waals surface area contributed by atoms with E-state index in [1.807, 2.05) is 69.3 Å². The van der Waals surface area contributed by atoms with Gasteiger partial charge in [0.25, 0.3) is 5.91 Å². The SMILES string of the molecule is CCc1ccc(OCC(=O)N(Cc2ccccc2)[C@@H](CC)C(=O)NCC(C)C)c(Br)c1. The maximum Gasteiger partial charge on any atom is 0.261 e. The molecule has 2 aromatic rings. The van der Waals surface area contributed by atoms with E-state index >= 15 is 0 Å². The van der Waals surface area contributed by atoms with E-state index < -0.39 is 6.04 Å². The lowest BCUT2D eigenvalue weighted by Gasteiger charge is -2.31. The van der Waals surface area contributed by atoms with Crippen LogP contribution in [0.3, 0.4) is 0 Å². The van der Waals surface area contributed by atoms with Crippen molar-refractivity contribution in [2.24, 2.45) is 5.92 Å². The van der Waals surface area contributed by atoms with Crippen LogP contribution in [0, 0.1) is 5.92 Å². The summed E-state index contributed by atoms with van der Waals surface area (Å²) in [6.07, 6.45) is 1.45. The molecule has 0 aliphatic heterocycles. The Kier molecular flexibility index (Phi) is 10.0. The van der Waals surface area contributed by atoms with Crippen LogP contribution in [0.15, 0.2) is 53.0 Å². The van der Waals surface area contributed by atoms with Crippen LogP contribution in [-0.2, 0) is 22.6 Å². The van der Waals surface area contributed by atoms with Gasteiger partial charge in [0, 0.05) is 13.1 Å². The number of hydrogen-bond acceptors (Lipinski definition) is 3. The van der Waals surface area contributed by atoms with Crippen LogP contribution in [0.1, 0.15) is 45.2 Å². The first-order chi connectivity index (χ1) is 14.8. The summed E-state index contributed by atoms with van der Waals surface area (Å²) in [7, 11) is 0. The van der Waals surface area contributed by atoms with E-state index in [0.717, 1.165) is 16.5 Å². The van der Waals surface area contributed by atoms with Crippen LogP contribution in [-0.4, -0.2) is 35.9 Å². The maximum absolute atomic E-state index is 13.2. The predicted octanol–water partition coefficient (Wildman–Crippen LogP) is 4.97. The fourth-order valence-corrected chi connectivity index (χ4v) is 3.77. The molecule has 2 rings (SSSR count). The largest absolute Gasteiger partial charge is 0.483 e. The van der Waals surface area contributed by atoms with Crippen LogP contribution in [0.4, 0.5) is 0 Å². The molecule has 0 aliphatic carbocycles. The number of rotatable bonds is 11. The highest BCUT2D eigenvalue weighted by molar-refractivity contribution is 9.10. The highest BCUT2D eigenvalue weighted by Crippen LogP contribution is 2.26. The van der Waals surface area contributed by atoms with Gasteiger partial charge < -0.3 is 15.0 Å². The number of ether oxygens (including phenoxy) is 1. The average Bonchev–Trinajstić information content (AvgIpc) is 2.77. The molecule has 0 unspecified atom stereocenters. The molecule has 0 radical (unpaired) electrons. The first kappa shape index (κ1) is 24.9. The van der Waals surface area contributed by atoms with E-state index in [0.29, 0.717) is 31.2 Å². The van der Waals surface area contributed by atoms with Gasteiger partial charge in [-0.1, -0.05) is 64.1 Å². The van der Waals surface area contributed by atoms with Crippen LogP contribution < -0.4 is 10.1 Å². The van der Waals surface area contributed by atoms with Gasteiger partial charge in [0.15, 0.2) is 6.61 Å². The van der Waals surface area contributed by atoms with Crippen molar-refractivity contribution in [3.8, 4) is 5.75 Å². The number of benzene rings is 2. The molecule has 0 fully saturated rings. The molecule has 1 N–H and O–H groups in total. The van der Waals surface area contributed by atoms with Crippen molar-refractivity contribution in [2.75, 3.05) is 13.2 Å². The van der Waals surface area contributed by atoms with Gasteiger partial charge in [0.1, 0.15) is 11.8 Å². The Labute approximate surface area is 194 Å². The first-order valence-corrected chi connectivity index (χ1v) is 11.7. The van der Waals surface area contributed by atoms with Crippen molar-refractivity contribution in [1.82, 2.24) is 10.2 Å². The molecule has 6 heteroatoms. The van der Waals surface area contributed by atoms with E-state index in [9.17, 15) is 9.59 Å². The second kappa shape index (κ2) is 12.5. The zero-order chi connectivity index (χ0) is 22.8. The van der Waals surface area contributed by atoms with Gasteiger partial charge in [-0.3, -0.25) is 9.59 Å². The lowest BCUT2D eigenvalue weighted by atomic mass is 10.1. The number of aryl methyl sites for hydroxylation is 1. The van der Waals surface area contributed by atoms with Gasteiger partial charge in [-0.05, 0) is 57.9 Å². The molecule has 5 nitrogen and oxygen atoms in total. The fraction of sp³-hybridized carbons (Fsp3) is 0.440. The fourth-order valence-electron chi connectivity index (χ4n) is 3.23. The summed E-state index contributed by atoms with van der Waals surface area (Å²) < 4.78 is 6.64. The average molecular weight is 489 g/mol. The van der Waals surface area contributed by atoms with Gasteiger partial charge in [-0.15, -0.1) is 0 Å². The number of hydrogen-bond donors (Lipinski definition) is 1. The molecule has 0 aliphatic rings. The van der Waals surface area contributed by atoms with E-state index in [1.165, 1.54) is 5.56 Å².